The first kappa shape index (κ1) is 21.1. The van der Waals surface area contributed by atoms with Gasteiger partial charge in [0.05, 0.1) is 0 Å². The molecule has 1 aliphatic carbocycles. The Labute approximate surface area is 152 Å². The van der Waals surface area contributed by atoms with Gasteiger partial charge in [-0.25, -0.2) is 0 Å². The van der Waals surface area contributed by atoms with E-state index in [1.807, 2.05) is 19.9 Å². The van der Waals surface area contributed by atoms with Crippen LogP contribution in [-0.2, 0) is 14.3 Å². The molecule has 138 valence electrons. The van der Waals surface area contributed by atoms with Crippen molar-refractivity contribution in [3.05, 3.63) is 47.1 Å². The monoisotopic (exact) mass is 344 g/mol. The minimum absolute atomic E-state index is 0.0726. The molecule has 1 rings (SSSR count). The summed E-state index contributed by atoms with van der Waals surface area (Å²) < 4.78 is 4.85. The largest absolute Gasteiger partial charge is 0.462 e. The number of ether oxygens (including phenoxy) is 1. The van der Waals surface area contributed by atoms with Gasteiger partial charge in [0.2, 0.25) is 0 Å². The minimum Gasteiger partial charge on any atom is -0.462 e. The van der Waals surface area contributed by atoms with E-state index >= 15 is 0 Å². The van der Waals surface area contributed by atoms with Gasteiger partial charge in [0.1, 0.15) is 6.61 Å². The molecule has 0 aliphatic heterocycles. The average molecular weight is 344 g/mol. The van der Waals surface area contributed by atoms with Crippen molar-refractivity contribution in [3.63, 3.8) is 0 Å². The summed E-state index contributed by atoms with van der Waals surface area (Å²) in [4.78, 5) is 23.0. The highest BCUT2D eigenvalue weighted by atomic mass is 16.5. The van der Waals surface area contributed by atoms with E-state index in [-0.39, 0.29) is 29.7 Å². The normalized spacial score (nSPS) is 19.5. The highest BCUT2D eigenvalue weighted by Crippen LogP contribution is 2.40. The Balaban J connectivity index is 2.67. The lowest BCUT2D eigenvalue weighted by atomic mass is 9.72. The summed E-state index contributed by atoms with van der Waals surface area (Å²) in [5.41, 5.74) is 3.90. The maximum atomic E-state index is 12.3. The fraction of sp³-hybridized carbons (Fsp3) is 0.545. The van der Waals surface area contributed by atoms with Gasteiger partial charge in [0.15, 0.2) is 5.78 Å². The lowest BCUT2D eigenvalue weighted by molar-refractivity contribution is -0.139. The van der Waals surface area contributed by atoms with Gasteiger partial charge in [0.25, 0.3) is 0 Å². The Morgan fingerprint density at radius 3 is 2.52 bits per heavy atom. The summed E-state index contributed by atoms with van der Waals surface area (Å²) in [5, 5.41) is 0. The van der Waals surface area contributed by atoms with Crippen molar-refractivity contribution in [1.29, 1.82) is 0 Å². The molecule has 0 bridgehead atoms. The fourth-order valence-electron chi connectivity index (χ4n) is 3.07. The van der Waals surface area contributed by atoms with E-state index < -0.39 is 0 Å². The SMILES string of the molecule is CC(=O)OC/C=C(C)\C=C\C(=O)C(C)/C=C/C1=C(C)CCCC1(C)C. The van der Waals surface area contributed by atoms with Crippen LogP contribution in [0.3, 0.4) is 0 Å². The minimum atomic E-state index is -0.307. The second-order valence-electron chi connectivity index (χ2n) is 7.57. The molecule has 0 saturated carbocycles. The molecule has 1 aliphatic rings. The molecule has 0 aromatic carbocycles. The lowest BCUT2D eigenvalue weighted by Crippen LogP contribution is -2.19. The number of allylic oxidation sites excluding steroid dienone is 7. The molecule has 0 fully saturated rings. The second-order valence-corrected chi connectivity index (χ2v) is 7.57. The van der Waals surface area contributed by atoms with E-state index in [1.54, 1.807) is 18.2 Å². The lowest BCUT2D eigenvalue weighted by Gasteiger charge is -2.33. The molecule has 0 aromatic heterocycles. The van der Waals surface area contributed by atoms with Gasteiger partial charge >= 0.3 is 5.97 Å². The molecule has 3 nitrogen and oxygen atoms in total. The summed E-state index contributed by atoms with van der Waals surface area (Å²) in [6.45, 7) is 12.2. The maximum absolute atomic E-state index is 12.3. The summed E-state index contributed by atoms with van der Waals surface area (Å²) in [7, 11) is 0. The van der Waals surface area contributed by atoms with Gasteiger partial charge in [-0.15, -0.1) is 0 Å². The number of hydrogen-bond acceptors (Lipinski definition) is 3. The number of carbonyl (C=O) groups is 2. The number of rotatable bonds is 7. The zero-order valence-corrected chi connectivity index (χ0v) is 16.5. The van der Waals surface area contributed by atoms with Crippen LogP contribution in [0.5, 0.6) is 0 Å². The first-order valence-electron chi connectivity index (χ1n) is 9.04. The topological polar surface area (TPSA) is 43.4 Å². The van der Waals surface area contributed by atoms with Crippen molar-refractivity contribution in [3.8, 4) is 0 Å². The van der Waals surface area contributed by atoms with Crippen LogP contribution in [0.1, 0.15) is 60.8 Å². The third kappa shape index (κ3) is 7.25. The fourth-order valence-corrected chi connectivity index (χ4v) is 3.07. The third-order valence-electron chi connectivity index (χ3n) is 4.75. The van der Waals surface area contributed by atoms with E-state index in [0.29, 0.717) is 0 Å². The molecule has 1 atom stereocenters. The van der Waals surface area contributed by atoms with Crippen molar-refractivity contribution >= 4 is 11.8 Å². The molecule has 0 aromatic rings. The zero-order valence-electron chi connectivity index (χ0n) is 16.5. The second kappa shape index (κ2) is 9.55. The number of hydrogen-bond donors (Lipinski definition) is 0. The average Bonchev–Trinajstić information content (AvgIpc) is 2.50. The number of ketones is 1. The zero-order chi connectivity index (χ0) is 19.0. The Morgan fingerprint density at radius 1 is 1.24 bits per heavy atom. The molecule has 0 heterocycles. The van der Waals surface area contributed by atoms with Crippen LogP contribution in [-0.4, -0.2) is 18.4 Å². The van der Waals surface area contributed by atoms with Crippen molar-refractivity contribution in [2.45, 2.75) is 60.8 Å². The number of esters is 1. The molecular formula is C22H32O3. The van der Waals surface area contributed by atoms with Crippen LogP contribution in [0, 0.1) is 11.3 Å². The highest BCUT2D eigenvalue weighted by molar-refractivity contribution is 5.93. The van der Waals surface area contributed by atoms with Crippen LogP contribution in [0.4, 0.5) is 0 Å². The summed E-state index contributed by atoms with van der Waals surface area (Å²) in [6, 6.07) is 0. The Kier molecular flexibility index (Phi) is 8.08. The van der Waals surface area contributed by atoms with Gasteiger partial charge in [0, 0.05) is 12.8 Å². The molecule has 0 radical (unpaired) electrons. The smallest absolute Gasteiger partial charge is 0.302 e. The Morgan fingerprint density at radius 2 is 1.92 bits per heavy atom. The molecule has 3 heteroatoms. The molecular weight excluding hydrogens is 312 g/mol. The van der Waals surface area contributed by atoms with Crippen molar-refractivity contribution in [2.24, 2.45) is 11.3 Å². The highest BCUT2D eigenvalue weighted by Gasteiger charge is 2.26. The molecule has 0 N–H and O–H groups in total. The molecule has 0 saturated heterocycles. The molecule has 25 heavy (non-hydrogen) atoms. The molecule has 0 spiro atoms. The third-order valence-corrected chi connectivity index (χ3v) is 4.75. The van der Waals surface area contributed by atoms with Crippen molar-refractivity contribution in [1.82, 2.24) is 0 Å². The Hall–Kier alpha value is -1.90. The van der Waals surface area contributed by atoms with Gasteiger partial charge < -0.3 is 4.74 Å². The molecule has 1 unspecified atom stereocenters. The number of carbonyl (C=O) groups excluding carboxylic acids is 2. The van der Waals surface area contributed by atoms with Crippen LogP contribution in [0.15, 0.2) is 47.1 Å². The summed E-state index contributed by atoms with van der Waals surface area (Å²) in [6.07, 6.45) is 12.9. The first-order valence-corrected chi connectivity index (χ1v) is 9.04. The van der Waals surface area contributed by atoms with Crippen LogP contribution in [0.2, 0.25) is 0 Å². The summed E-state index contributed by atoms with van der Waals surface area (Å²) in [5.74, 6) is -0.392. The first-order chi connectivity index (χ1) is 11.6. The predicted molar refractivity (Wildman–Crippen MR) is 103 cm³/mol. The molecule has 0 amide bonds. The summed E-state index contributed by atoms with van der Waals surface area (Å²) >= 11 is 0. The van der Waals surface area contributed by atoms with Gasteiger partial charge in [-0.1, -0.05) is 50.1 Å². The van der Waals surface area contributed by atoms with Crippen LogP contribution in [0.25, 0.3) is 0 Å². The van der Waals surface area contributed by atoms with E-state index in [1.165, 1.54) is 30.9 Å². The van der Waals surface area contributed by atoms with Crippen LogP contribution < -0.4 is 0 Å². The van der Waals surface area contributed by atoms with E-state index in [2.05, 4.69) is 26.8 Å². The van der Waals surface area contributed by atoms with Gasteiger partial charge in [-0.05, 0) is 56.3 Å². The van der Waals surface area contributed by atoms with Gasteiger partial charge in [-0.3, -0.25) is 9.59 Å². The quantitative estimate of drug-likeness (QED) is 0.356. The van der Waals surface area contributed by atoms with Crippen molar-refractivity contribution in [2.75, 3.05) is 6.61 Å². The standard InChI is InChI=1S/C22H32O3/c1-16(13-15-25-19(4)23)9-12-21(24)18(3)10-11-20-17(2)8-7-14-22(20,5)6/h9-13,18H,7-8,14-15H2,1-6H3/b11-10+,12-9+,16-13-. The van der Waals surface area contributed by atoms with E-state index in [4.69, 9.17) is 4.74 Å². The predicted octanol–water partition coefficient (Wildman–Crippen LogP) is 5.34. The van der Waals surface area contributed by atoms with Crippen molar-refractivity contribution < 1.29 is 14.3 Å². The van der Waals surface area contributed by atoms with Crippen LogP contribution >= 0.6 is 0 Å². The van der Waals surface area contributed by atoms with E-state index in [0.717, 1.165) is 12.0 Å². The van der Waals surface area contributed by atoms with E-state index in [9.17, 15) is 9.59 Å². The van der Waals surface area contributed by atoms with Gasteiger partial charge in [-0.2, -0.15) is 0 Å². The maximum Gasteiger partial charge on any atom is 0.302 e. The Bertz CT molecular complexity index is 615.